The quantitative estimate of drug-likeness (QED) is 0.670. The van der Waals surface area contributed by atoms with E-state index in [2.05, 4.69) is 50.2 Å². The molecule has 0 aliphatic carbocycles. The van der Waals surface area contributed by atoms with Crippen LogP contribution in [0.15, 0.2) is 0 Å². The summed E-state index contributed by atoms with van der Waals surface area (Å²) in [5.74, 6) is 0. The highest BCUT2D eigenvalue weighted by molar-refractivity contribution is 4.72. The minimum atomic E-state index is 0.228. The maximum atomic E-state index is 3.52. The number of hydrogen-bond acceptors (Lipinski definition) is 3. The van der Waals surface area contributed by atoms with Gasteiger partial charge in [-0.25, -0.2) is 0 Å². The summed E-state index contributed by atoms with van der Waals surface area (Å²) < 4.78 is 0. The van der Waals surface area contributed by atoms with Crippen molar-refractivity contribution in [1.29, 1.82) is 0 Å². The lowest BCUT2D eigenvalue weighted by Gasteiger charge is -2.28. The molecule has 0 unspecified atom stereocenters. The van der Waals surface area contributed by atoms with E-state index >= 15 is 0 Å². The highest BCUT2D eigenvalue weighted by atomic mass is 15.2. The number of hydrogen-bond donors (Lipinski definition) is 2. The lowest BCUT2D eigenvalue weighted by molar-refractivity contribution is 0.216. The molecule has 0 radical (unpaired) electrons. The fraction of sp³-hybridized carbons (Fsp3) is 1.00. The number of likely N-dealkylation sites (N-methyl/N-ethyl adjacent to an activating group) is 1. The Labute approximate surface area is 95.6 Å². The van der Waals surface area contributed by atoms with Gasteiger partial charge in [0.1, 0.15) is 0 Å². The van der Waals surface area contributed by atoms with Crippen LogP contribution in [0.2, 0.25) is 0 Å². The maximum Gasteiger partial charge on any atom is 0.0110 e. The summed E-state index contributed by atoms with van der Waals surface area (Å²) in [6, 6.07) is 0.625. The van der Waals surface area contributed by atoms with Crippen molar-refractivity contribution >= 4 is 0 Å². The van der Waals surface area contributed by atoms with E-state index in [0.29, 0.717) is 6.04 Å². The molecule has 0 rings (SSSR count). The first-order valence-corrected chi connectivity index (χ1v) is 6.00. The molecule has 0 heterocycles. The first kappa shape index (κ1) is 14.9. The Bertz CT molecular complexity index is 149. The molecule has 0 aliphatic rings. The summed E-state index contributed by atoms with van der Waals surface area (Å²) in [4.78, 5) is 2.50. The van der Waals surface area contributed by atoms with Gasteiger partial charge in [-0.05, 0) is 41.7 Å². The van der Waals surface area contributed by atoms with E-state index in [4.69, 9.17) is 0 Å². The van der Waals surface area contributed by atoms with Gasteiger partial charge in [0.05, 0.1) is 0 Å². The second-order valence-electron chi connectivity index (χ2n) is 5.41. The monoisotopic (exact) mass is 215 g/mol. The first-order chi connectivity index (χ1) is 6.87. The van der Waals surface area contributed by atoms with Crippen molar-refractivity contribution in [2.45, 2.75) is 46.2 Å². The summed E-state index contributed by atoms with van der Waals surface area (Å²) in [7, 11) is 2.01. The van der Waals surface area contributed by atoms with Crippen molar-refractivity contribution in [2.24, 2.45) is 0 Å². The van der Waals surface area contributed by atoms with E-state index < -0.39 is 0 Å². The van der Waals surface area contributed by atoms with Crippen LogP contribution >= 0.6 is 0 Å². The highest BCUT2D eigenvalue weighted by Gasteiger charge is 2.11. The van der Waals surface area contributed by atoms with Crippen LogP contribution in [0.1, 0.15) is 34.6 Å². The van der Waals surface area contributed by atoms with E-state index in [1.54, 1.807) is 0 Å². The topological polar surface area (TPSA) is 27.3 Å². The summed E-state index contributed by atoms with van der Waals surface area (Å²) in [6.07, 6.45) is 0. The average Bonchev–Trinajstić information content (AvgIpc) is 2.08. The molecule has 3 heteroatoms. The smallest absolute Gasteiger partial charge is 0.0110 e. The Kier molecular flexibility index (Phi) is 7.14. The molecule has 0 spiro atoms. The highest BCUT2D eigenvalue weighted by Crippen LogP contribution is 2.00. The largest absolute Gasteiger partial charge is 0.318 e. The Morgan fingerprint density at radius 1 is 1.07 bits per heavy atom. The predicted octanol–water partition coefficient (Wildman–Crippen LogP) is 1.30. The van der Waals surface area contributed by atoms with Crippen LogP contribution in [0.3, 0.4) is 0 Å². The van der Waals surface area contributed by atoms with E-state index in [1.165, 1.54) is 0 Å². The van der Waals surface area contributed by atoms with Crippen molar-refractivity contribution in [3.8, 4) is 0 Å². The van der Waals surface area contributed by atoms with Gasteiger partial charge in [-0.1, -0.05) is 0 Å². The van der Waals surface area contributed by atoms with Crippen LogP contribution in [0.4, 0.5) is 0 Å². The fourth-order valence-corrected chi connectivity index (χ4v) is 1.46. The molecule has 0 aliphatic heterocycles. The standard InChI is InChI=1S/C12H29N3/c1-11(2)15(9-7-13-6)10-8-14-12(3,4)5/h11,13-14H,7-10H2,1-6H3. The molecule has 2 N–H and O–H groups in total. The van der Waals surface area contributed by atoms with Gasteiger partial charge in [0.2, 0.25) is 0 Å². The second-order valence-corrected chi connectivity index (χ2v) is 5.41. The number of nitrogens with zero attached hydrogens (tertiary/aromatic N) is 1. The van der Waals surface area contributed by atoms with E-state index in [0.717, 1.165) is 26.2 Å². The summed E-state index contributed by atoms with van der Waals surface area (Å²) >= 11 is 0. The molecular weight excluding hydrogens is 186 g/mol. The Morgan fingerprint density at radius 2 is 1.60 bits per heavy atom. The van der Waals surface area contributed by atoms with Crippen LogP contribution in [0.25, 0.3) is 0 Å². The molecule has 15 heavy (non-hydrogen) atoms. The third-order valence-electron chi connectivity index (χ3n) is 2.43. The summed E-state index contributed by atoms with van der Waals surface area (Å²) in [5, 5.41) is 6.72. The third kappa shape index (κ3) is 8.85. The Balaban J connectivity index is 3.76. The van der Waals surface area contributed by atoms with Crippen molar-refractivity contribution in [3.05, 3.63) is 0 Å². The van der Waals surface area contributed by atoms with Crippen molar-refractivity contribution in [2.75, 3.05) is 33.2 Å². The van der Waals surface area contributed by atoms with Crippen LogP contribution in [0, 0.1) is 0 Å². The van der Waals surface area contributed by atoms with Gasteiger partial charge in [-0.15, -0.1) is 0 Å². The van der Waals surface area contributed by atoms with Crippen LogP contribution in [0.5, 0.6) is 0 Å². The second kappa shape index (κ2) is 7.20. The molecule has 0 atom stereocenters. The predicted molar refractivity (Wildman–Crippen MR) is 68.4 cm³/mol. The normalized spacial score (nSPS) is 12.8. The maximum absolute atomic E-state index is 3.52. The molecular formula is C12H29N3. The average molecular weight is 215 g/mol. The molecule has 0 fully saturated rings. The summed E-state index contributed by atoms with van der Waals surface area (Å²) in [5.41, 5.74) is 0.228. The summed E-state index contributed by atoms with van der Waals surface area (Å²) in [6.45, 7) is 15.5. The van der Waals surface area contributed by atoms with Gasteiger partial charge in [0.25, 0.3) is 0 Å². The van der Waals surface area contributed by atoms with Crippen molar-refractivity contribution in [1.82, 2.24) is 15.5 Å². The van der Waals surface area contributed by atoms with Gasteiger partial charge < -0.3 is 10.6 Å². The van der Waals surface area contributed by atoms with E-state index in [-0.39, 0.29) is 5.54 Å². The van der Waals surface area contributed by atoms with E-state index in [1.807, 2.05) is 7.05 Å². The van der Waals surface area contributed by atoms with Gasteiger partial charge in [0, 0.05) is 37.8 Å². The minimum Gasteiger partial charge on any atom is -0.318 e. The molecule has 0 bridgehead atoms. The fourth-order valence-electron chi connectivity index (χ4n) is 1.46. The van der Waals surface area contributed by atoms with Crippen molar-refractivity contribution < 1.29 is 0 Å². The van der Waals surface area contributed by atoms with Gasteiger partial charge >= 0.3 is 0 Å². The van der Waals surface area contributed by atoms with Gasteiger partial charge in [0.15, 0.2) is 0 Å². The minimum absolute atomic E-state index is 0.228. The molecule has 0 amide bonds. The molecule has 0 aromatic carbocycles. The molecule has 0 aromatic rings. The number of nitrogens with one attached hydrogen (secondary N) is 2. The van der Waals surface area contributed by atoms with Crippen LogP contribution in [-0.2, 0) is 0 Å². The van der Waals surface area contributed by atoms with Crippen LogP contribution in [-0.4, -0.2) is 49.7 Å². The Hall–Kier alpha value is -0.120. The number of rotatable bonds is 7. The lowest BCUT2D eigenvalue weighted by Crippen LogP contribution is -2.44. The Morgan fingerprint density at radius 3 is 2.00 bits per heavy atom. The molecule has 0 saturated heterocycles. The third-order valence-corrected chi connectivity index (χ3v) is 2.43. The van der Waals surface area contributed by atoms with E-state index in [9.17, 15) is 0 Å². The zero-order valence-corrected chi connectivity index (χ0v) is 11.4. The van der Waals surface area contributed by atoms with Gasteiger partial charge in [-0.3, -0.25) is 4.90 Å². The molecule has 0 aromatic heterocycles. The van der Waals surface area contributed by atoms with Gasteiger partial charge in [-0.2, -0.15) is 0 Å². The lowest BCUT2D eigenvalue weighted by atomic mass is 10.1. The molecule has 3 nitrogen and oxygen atoms in total. The van der Waals surface area contributed by atoms with Crippen LogP contribution < -0.4 is 10.6 Å². The van der Waals surface area contributed by atoms with Crippen molar-refractivity contribution in [3.63, 3.8) is 0 Å². The molecule has 92 valence electrons. The SMILES string of the molecule is CNCCN(CCNC(C)(C)C)C(C)C. The zero-order valence-electron chi connectivity index (χ0n) is 11.4. The first-order valence-electron chi connectivity index (χ1n) is 6.00. The zero-order chi connectivity index (χ0) is 11.9. The molecule has 0 saturated carbocycles.